The molecule has 1 aromatic heterocycles. The van der Waals surface area contributed by atoms with Crippen molar-refractivity contribution in [1.29, 1.82) is 0 Å². The second-order valence-corrected chi connectivity index (χ2v) is 7.76. The number of likely N-dealkylation sites (tertiary alicyclic amines) is 1. The van der Waals surface area contributed by atoms with Gasteiger partial charge in [-0.1, -0.05) is 18.2 Å². The van der Waals surface area contributed by atoms with Crippen LogP contribution in [0.5, 0.6) is 5.75 Å². The highest BCUT2D eigenvalue weighted by Crippen LogP contribution is 2.40. The lowest BCUT2D eigenvalue weighted by molar-refractivity contribution is -0.130. The standard InChI is InChI=1S/C21H27N3O2/c1-14-20(15(2)23-22-14)8-9-21(25)24-12-16-10-19(11-17(16)13-24)26-18-6-4-3-5-7-18/h3-7,16-17,19H,8-13H2,1-2H3,(H,22,23)/t16-,17+,19?. The maximum atomic E-state index is 12.6. The largest absolute Gasteiger partial charge is 0.490 e. The molecule has 0 spiro atoms. The number of amides is 1. The zero-order chi connectivity index (χ0) is 18.1. The van der Waals surface area contributed by atoms with Crippen molar-refractivity contribution >= 4 is 5.91 Å². The summed E-state index contributed by atoms with van der Waals surface area (Å²) in [6, 6.07) is 10.1. The highest BCUT2D eigenvalue weighted by atomic mass is 16.5. The molecule has 26 heavy (non-hydrogen) atoms. The van der Waals surface area contributed by atoms with E-state index in [2.05, 4.69) is 15.1 Å². The summed E-state index contributed by atoms with van der Waals surface area (Å²) in [5, 5.41) is 7.22. The third-order valence-corrected chi connectivity index (χ3v) is 5.98. The van der Waals surface area contributed by atoms with Crippen molar-refractivity contribution in [3.63, 3.8) is 0 Å². The Morgan fingerprint density at radius 2 is 1.88 bits per heavy atom. The van der Waals surface area contributed by atoms with E-state index in [1.165, 1.54) is 5.56 Å². The first-order valence-electron chi connectivity index (χ1n) is 9.60. The third kappa shape index (κ3) is 3.48. The molecule has 5 heteroatoms. The molecule has 0 radical (unpaired) electrons. The van der Waals surface area contributed by atoms with Gasteiger partial charge in [0.05, 0.1) is 11.8 Å². The number of aromatic nitrogens is 2. The smallest absolute Gasteiger partial charge is 0.222 e. The topological polar surface area (TPSA) is 58.2 Å². The molecular formula is C21H27N3O2. The van der Waals surface area contributed by atoms with Crippen molar-refractivity contribution in [2.75, 3.05) is 13.1 Å². The van der Waals surface area contributed by atoms with E-state index in [1.807, 2.05) is 44.2 Å². The summed E-state index contributed by atoms with van der Waals surface area (Å²) in [5.74, 6) is 2.41. The van der Waals surface area contributed by atoms with Crippen molar-refractivity contribution < 1.29 is 9.53 Å². The highest BCUT2D eigenvalue weighted by Gasteiger charge is 2.43. The zero-order valence-corrected chi connectivity index (χ0v) is 15.6. The molecule has 138 valence electrons. The summed E-state index contributed by atoms with van der Waals surface area (Å²) in [4.78, 5) is 14.7. The summed E-state index contributed by atoms with van der Waals surface area (Å²) in [6.45, 7) is 5.80. The van der Waals surface area contributed by atoms with Crippen molar-refractivity contribution in [3.8, 4) is 5.75 Å². The van der Waals surface area contributed by atoms with Crippen LogP contribution >= 0.6 is 0 Å². The molecule has 1 amide bonds. The van der Waals surface area contributed by atoms with Crippen LogP contribution in [0.25, 0.3) is 0 Å². The number of nitrogens with one attached hydrogen (secondary N) is 1. The summed E-state index contributed by atoms with van der Waals surface area (Å²) < 4.78 is 6.12. The predicted octanol–water partition coefficient (Wildman–Crippen LogP) is 3.28. The molecule has 2 fully saturated rings. The molecule has 1 saturated heterocycles. The van der Waals surface area contributed by atoms with Gasteiger partial charge in [-0.05, 0) is 62.6 Å². The lowest BCUT2D eigenvalue weighted by atomic mass is 10.0. The molecule has 3 atom stereocenters. The van der Waals surface area contributed by atoms with Gasteiger partial charge in [0.15, 0.2) is 0 Å². The number of carbonyl (C=O) groups excluding carboxylic acids is 1. The maximum Gasteiger partial charge on any atom is 0.222 e. The predicted molar refractivity (Wildman–Crippen MR) is 100 cm³/mol. The first-order valence-corrected chi connectivity index (χ1v) is 9.60. The number of fused-ring (bicyclic) bond motifs is 1. The van der Waals surface area contributed by atoms with Gasteiger partial charge in [-0.3, -0.25) is 9.89 Å². The number of hydrogen-bond acceptors (Lipinski definition) is 3. The Morgan fingerprint density at radius 3 is 2.50 bits per heavy atom. The van der Waals surface area contributed by atoms with Gasteiger partial charge in [-0.25, -0.2) is 0 Å². The average molecular weight is 353 g/mol. The molecule has 1 saturated carbocycles. The SMILES string of the molecule is Cc1n[nH]c(C)c1CCC(=O)N1C[C@H]2CC(Oc3ccccc3)C[C@H]2C1. The highest BCUT2D eigenvalue weighted by molar-refractivity contribution is 5.77. The molecule has 1 unspecified atom stereocenters. The van der Waals surface area contributed by atoms with E-state index in [0.717, 1.165) is 49.5 Å². The number of aryl methyl sites for hydroxylation is 2. The van der Waals surface area contributed by atoms with Gasteiger partial charge in [-0.15, -0.1) is 0 Å². The molecular weight excluding hydrogens is 326 g/mol. The fourth-order valence-corrected chi connectivity index (χ4v) is 4.57. The first kappa shape index (κ1) is 17.1. The molecule has 2 aliphatic rings. The quantitative estimate of drug-likeness (QED) is 0.897. The van der Waals surface area contributed by atoms with Crippen LogP contribution < -0.4 is 4.74 Å². The number of benzene rings is 1. The summed E-state index contributed by atoms with van der Waals surface area (Å²) in [6.07, 6.45) is 3.76. The van der Waals surface area contributed by atoms with Crippen LogP contribution in [-0.2, 0) is 11.2 Å². The molecule has 1 aliphatic carbocycles. The van der Waals surface area contributed by atoms with Gasteiger partial charge >= 0.3 is 0 Å². The van der Waals surface area contributed by atoms with Gasteiger partial charge < -0.3 is 9.64 Å². The number of para-hydroxylation sites is 1. The first-order chi connectivity index (χ1) is 12.6. The van der Waals surface area contributed by atoms with E-state index in [9.17, 15) is 4.79 Å². The maximum absolute atomic E-state index is 12.6. The Hall–Kier alpha value is -2.30. The lowest BCUT2D eigenvalue weighted by Gasteiger charge is -2.20. The normalized spacial score (nSPS) is 24.7. The molecule has 1 aromatic carbocycles. The molecule has 0 bridgehead atoms. The Labute approximate surface area is 154 Å². The van der Waals surface area contributed by atoms with Crippen LogP contribution in [0, 0.1) is 25.7 Å². The molecule has 2 aromatic rings. The van der Waals surface area contributed by atoms with Crippen LogP contribution in [0.15, 0.2) is 30.3 Å². The number of aromatic amines is 1. The van der Waals surface area contributed by atoms with Crippen molar-refractivity contribution in [1.82, 2.24) is 15.1 Å². The fourth-order valence-electron chi connectivity index (χ4n) is 4.57. The Morgan fingerprint density at radius 1 is 1.19 bits per heavy atom. The third-order valence-electron chi connectivity index (χ3n) is 5.98. The van der Waals surface area contributed by atoms with Gasteiger partial charge in [0.2, 0.25) is 5.91 Å². The second kappa shape index (κ2) is 7.14. The van der Waals surface area contributed by atoms with Gasteiger partial charge in [0.25, 0.3) is 0 Å². The van der Waals surface area contributed by atoms with Crippen molar-refractivity contribution in [2.45, 2.75) is 45.6 Å². The minimum absolute atomic E-state index is 0.278. The summed E-state index contributed by atoms with van der Waals surface area (Å²) >= 11 is 0. The minimum Gasteiger partial charge on any atom is -0.490 e. The fraction of sp³-hybridized carbons (Fsp3) is 0.524. The Balaban J connectivity index is 1.27. The van der Waals surface area contributed by atoms with E-state index < -0.39 is 0 Å². The number of hydrogen-bond donors (Lipinski definition) is 1. The number of H-pyrrole nitrogens is 1. The molecule has 1 N–H and O–H groups in total. The number of carbonyl (C=O) groups is 1. The Bertz CT molecular complexity index is 737. The molecule has 1 aliphatic heterocycles. The summed E-state index contributed by atoms with van der Waals surface area (Å²) in [5.41, 5.74) is 3.28. The average Bonchev–Trinajstić information content (AvgIpc) is 3.28. The lowest BCUT2D eigenvalue weighted by Crippen LogP contribution is -2.31. The Kier molecular flexibility index (Phi) is 4.70. The van der Waals surface area contributed by atoms with Crippen LogP contribution in [0.2, 0.25) is 0 Å². The van der Waals surface area contributed by atoms with Crippen LogP contribution in [-0.4, -0.2) is 40.2 Å². The van der Waals surface area contributed by atoms with Crippen LogP contribution in [0.3, 0.4) is 0 Å². The molecule has 2 heterocycles. The van der Waals surface area contributed by atoms with Crippen molar-refractivity contribution in [3.05, 3.63) is 47.3 Å². The molecule has 4 rings (SSSR count). The number of ether oxygens (including phenoxy) is 1. The van der Waals surface area contributed by atoms with E-state index in [1.54, 1.807) is 0 Å². The van der Waals surface area contributed by atoms with E-state index in [4.69, 9.17) is 4.74 Å². The molecule has 5 nitrogen and oxygen atoms in total. The number of rotatable bonds is 5. The van der Waals surface area contributed by atoms with Gasteiger partial charge in [-0.2, -0.15) is 5.10 Å². The van der Waals surface area contributed by atoms with E-state index in [-0.39, 0.29) is 5.91 Å². The van der Waals surface area contributed by atoms with E-state index >= 15 is 0 Å². The van der Waals surface area contributed by atoms with Gasteiger partial charge in [0, 0.05) is 25.2 Å². The second-order valence-electron chi connectivity index (χ2n) is 7.76. The summed E-state index contributed by atoms with van der Waals surface area (Å²) in [7, 11) is 0. The number of nitrogens with zero attached hydrogens (tertiary/aromatic N) is 2. The van der Waals surface area contributed by atoms with Crippen LogP contribution in [0.1, 0.15) is 36.2 Å². The van der Waals surface area contributed by atoms with Gasteiger partial charge in [0.1, 0.15) is 5.75 Å². The van der Waals surface area contributed by atoms with Crippen molar-refractivity contribution in [2.24, 2.45) is 11.8 Å². The zero-order valence-electron chi connectivity index (χ0n) is 15.6. The van der Waals surface area contributed by atoms with Crippen LogP contribution in [0.4, 0.5) is 0 Å². The monoisotopic (exact) mass is 353 g/mol. The minimum atomic E-state index is 0.278. The van der Waals surface area contributed by atoms with E-state index in [0.29, 0.717) is 24.4 Å².